The topological polar surface area (TPSA) is 46.1 Å². The Morgan fingerprint density at radius 3 is 2.65 bits per heavy atom. The maximum atomic E-state index is 12.8. The first-order valence-corrected chi connectivity index (χ1v) is 7.50. The standard InChI is InChI=1S/C16H16F3N3O/c17-16(18,19)10-22(9-11-4-3-5-11)15(23)13-8-20-21-14-7-2-1-6-12(13)14/h1-2,6-8,11H,3-5,9-10H2. The van der Waals surface area contributed by atoms with Gasteiger partial charge in [0.15, 0.2) is 0 Å². The molecule has 2 aromatic rings. The van der Waals surface area contributed by atoms with Gasteiger partial charge in [0.25, 0.3) is 5.91 Å². The van der Waals surface area contributed by atoms with Crippen molar-refractivity contribution in [3.05, 3.63) is 36.0 Å². The van der Waals surface area contributed by atoms with Crippen LogP contribution in [0.5, 0.6) is 0 Å². The van der Waals surface area contributed by atoms with Gasteiger partial charge in [0.05, 0.1) is 17.3 Å². The van der Waals surface area contributed by atoms with E-state index in [2.05, 4.69) is 10.2 Å². The van der Waals surface area contributed by atoms with Crippen LogP contribution in [0.1, 0.15) is 29.6 Å². The van der Waals surface area contributed by atoms with E-state index in [-0.39, 0.29) is 18.0 Å². The Kier molecular flexibility index (Phi) is 4.19. The van der Waals surface area contributed by atoms with E-state index < -0.39 is 18.6 Å². The van der Waals surface area contributed by atoms with Gasteiger partial charge < -0.3 is 4.90 Å². The number of nitrogens with zero attached hydrogens (tertiary/aromatic N) is 3. The fraction of sp³-hybridized carbons (Fsp3) is 0.438. The summed E-state index contributed by atoms with van der Waals surface area (Å²) >= 11 is 0. The Morgan fingerprint density at radius 1 is 1.26 bits per heavy atom. The second-order valence-corrected chi connectivity index (χ2v) is 5.87. The molecule has 0 bridgehead atoms. The van der Waals surface area contributed by atoms with Crippen molar-refractivity contribution in [3.63, 3.8) is 0 Å². The quantitative estimate of drug-likeness (QED) is 0.866. The predicted octanol–water partition coefficient (Wildman–Crippen LogP) is 3.43. The number of alkyl halides is 3. The third-order valence-electron chi connectivity index (χ3n) is 4.14. The van der Waals surface area contributed by atoms with Gasteiger partial charge in [-0.1, -0.05) is 24.6 Å². The summed E-state index contributed by atoms with van der Waals surface area (Å²) in [6, 6.07) is 6.82. The molecule has 23 heavy (non-hydrogen) atoms. The molecule has 7 heteroatoms. The molecule has 1 amide bonds. The maximum Gasteiger partial charge on any atom is 0.406 e. The van der Waals surface area contributed by atoms with Gasteiger partial charge in [-0.2, -0.15) is 23.4 Å². The second-order valence-electron chi connectivity index (χ2n) is 5.87. The predicted molar refractivity (Wildman–Crippen MR) is 78.8 cm³/mol. The lowest BCUT2D eigenvalue weighted by Crippen LogP contribution is -2.43. The summed E-state index contributed by atoms with van der Waals surface area (Å²) in [5, 5.41) is 8.17. The molecule has 1 heterocycles. The number of aromatic nitrogens is 2. The van der Waals surface area contributed by atoms with Gasteiger partial charge in [-0.25, -0.2) is 0 Å². The smallest absolute Gasteiger partial charge is 0.329 e. The van der Waals surface area contributed by atoms with Crippen LogP contribution < -0.4 is 0 Å². The molecule has 1 fully saturated rings. The summed E-state index contributed by atoms with van der Waals surface area (Å²) < 4.78 is 38.5. The van der Waals surface area contributed by atoms with Crippen LogP contribution in [-0.2, 0) is 0 Å². The largest absolute Gasteiger partial charge is 0.406 e. The van der Waals surface area contributed by atoms with Gasteiger partial charge in [0, 0.05) is 11.9 Å². The molecule has 1 aromatic heterocycles. The van der Waals surface area contributed by atoms with Crippen LogP contribution >= 0.6 is 0 Å². The van der Waals surface area contributed by atoms with Crippen LogP contribution in [0.2, 0.25) is 0 Å². The molecule has 0 spiro atoms. The minimum Gasteiger partial charge on any atom is -0.329 e. The molecule has 122 valence electrons. The number of hydrogen-bond donors (Lipinski definition) is 0. The van der Waals surface area contributed by atoms with Gasteiger partial charge in [-0.15, -0.1) is 0 Å². The number of amides is 1. The minimum atomic E-state index is -4.42. The Balaban J connectivity index is 1.91. The zero-order valence-corrected chi connectivity index (χ0v) is 12.4. The highest BCUT2D eigenvalue weighted by Crippen LogP contribution is 2.29. The van der Waals surface area contributed by atoms with E-state index >= 15 is 0 Å². The number of hydrogen-bond acceptors (Lipinski definition) is 3. The molecule has 1 saturated carbocycles. The minimum absolute atomic E-state index is 0.134. The average Bonchev–Trinajstić information content (AvgIpc) is 2.47. The van der Waals surface area contributed by atoms with Crippen molar-refractivity contribution in [2.45, 2.75) is 25.4 Å². The highest BCUT2D eigenvalue weighted by atomic mass is 19.4. The van der Waals surface area contributed by atoms with Gasteiger partial charge in [-0.3, -0.25) is 4.79 Å². The van der Waals surface area contributed by atoms with Gasteiger partial charge in [0.1, 0.15) is 6.54 Å². The molecule has 1 aromatic carbocycles. The lowest BCUT2D eigenvalue weighted by Gasteiger charge is -2.33. The first kappa shape index (κ1) is 15.7. The second kappa shape index (κ2) is 6.14. The van der Waals surface area contributed by atoms with E-state index in [9.17, 15) is 18.0 Å². The van der Waals surface area contributed by atoms with Crippen molar-refractivity contribution in [2.75, 3.05) is 13.1 Å². The lowest BCUT2D eigenvalue weighted by molar-refractivity contribution is -0.142. The Labute approximate surface area is 131 Å². The van der Waals surface area contributed by atoms with Gasteiger partial charge in [-0.05, 0) is 24.8 Å². The van der Waals surface area contributed by atoms with E-state index in [1.165, 1.54) is 6.20 Å². The van der Waals surface area contributed by atoms with Crippen LogP contribution in [-0.4, -0.2) is 40.3 Å². The van der Waals surface area contributed by atoms with Crippen LogP contribution in [0.3, 0.4) is 0 Å². The molecule has 0 unspecified atom stereocenters. The Hall–Kier alpha value is -2.18. The van der Waals surface area contributed by atoms with Crippen molar-refractivity contribution in [1.82, 2.24) is 15.1 Å². The molecular formula is C16H16F3N3O. The first-order valence-electron chi connectivity index (χ1n) is 7.50. The van der Waals surface area contributed by atoms with Crippen LogP contribution in [0.4, 0.5) is 13.2 Å². The van der Waals surface area contributed by atoms with Crippen molar-refractivity contribution in [1.29, 1.82) is 0 Å². The van der Waals surface area contributed by atoms with E-state index in [0.29, 0.717) is 10.9 Å². The van der Waals surface area contributed by atoms with Crippen molar-refractivity contribution < 1.29 is 18.0 Å². The highest BCUT2D eigenvalue weighted by Gasteiger charge is 2.35. The number of carbonyl (C=O) groups excluding carboxylic acids is 1. The Morgan fingerprint density at radius 2 is 2.00 bits per heavy atom. The highest BCUT2D eigenvalue weighted by molar-refractivity contribution is 6.05. The molecule has 4 nitrogen and oxygen atoms in total. The van der Waals surface area contributed by atoms with Crippen LogP contribution in [0.15, 0.2) is 30.5 Å². The van der Waals surface area contributed by atoms with Crippen LogP contribution in [0.25, 0.3) is 10.9 Å². The zero-order valence-electron chi connectivity index (χ0n) is 12.4. The fourth-order valence-electron chi connectivity index (χ4n) is 2.77. The molecular weight excluding hydrogens is 307 g/mol. The molecule has 0 N–H and O–H groups in total. The maximum absolute atomic E-state index is 12.8. The first-order chi connectivity index (χ1) is 10.9. The summed E-state index contributed by atoms with van der Waals surface area (Å²) in [5.74, 6) is -0.484. The molecule has 1 aliphatic rings. The van der Waals surface area contributed by atoms with Gasteiger partial charge in [0.2, 0.25) is 0 Å². The zero-order chi connectivity index (χ0) is 16.4. The number of fused-ring (bicyclic) bond motifs is 1. The summed E-state index contributed by atoms with van der Waals surface area (Å²) in [5.41, 5.74) is 0.660. The third kappa shape index (κ3) is 3.60. The molecule has 0 atom stereocenters. The number of halogens is 3. The fourth-order valence-corrected chi connectivity index (χ4v) is 2.77. The Bertz CT molecular complexity index is 708. The summed E-state index contributed by atoms with van der Waals surface area (Å²) in [7, 11) is 0. The van der Waals surface area contributed by atoms with Crippen molar-refractivity contribution >= 4 is 16.8 Å². The van der Waals surface area contributed by atoms with Crippen molar-refractivity contribution in [2.24, 2.45) is 5.92 Å². The number of rotatable bonds is 4. The van der Waals surface area contributed by atoms with E-state index in [1.807, 2.05) is 0 Å². The lowest BCUT2D eigenvalue weighted by atomic mass is 9.85. The summed E-state index contributed by atoms with van der Waals surface area (Å²) in [6.07, 6.45) is -0.420. The third-order valence-corrected chi connectivity index (χ3v) is 4.14. The van der Waals surface area contributed by atoms with Crippen LogP contribution in [0, 0.1) is 5.92 Å². The van der Waals surface area contributed by atoms with E-state index in [1.54, 1.807) is 24.3 Å². The summed E-state index contributed by atoms with van der Waals surface area (Å²) in [6.45, 7) is -1.10. The summed E-state index contributed by atoms with van der Waals surface area (Å²) in [4.78, 5) is 13.6. The monoisotopic (exact) mass is 323 g/mol. The molecule has 0 radical (unpaired) electrons. The normalized spacial score (nSPS) is 15.4. The molecule has 0 aliphatic heterocycles. The molecule has 3 rings (SSSR count). The molecule has 0 saturated heterocycles. The van der Waals surface area contributed by atoms with Gasteiger partial charge >= 0.3 is 6.18 Å². The van der Waals surface area contributed by atoms with Crippen molar-refractivity contribution in [3.8, 4) is 0 Å². The number of benzene rings is 1. The SMILES string of the molecule is O=C(c1cnnc2ccccc12)N(CC1CCC1)CC(F)(F)F. The van der Waals surface area contributed by atoms with E-state index in [0.717, 1.165) is 24.2 Å². The molecule has 1 aliphatic carbocycles. The van der Waals surface area contributed by atoms with E-state index in [4.69, 9.17) is 0 Å². The number of carbonyl (C=O) groups is 1. The average molecular weight is 323 g/mol.